The number of hydrogen-bond donors (Lipinski definition) is 2. The van der Waals surface area contributed by atoms with Crippen LogP contribution in [0, 0.1) is 0 Å². The highest BCUT2D eigenvalue weighted by molar-refractivity contribution is 5.79. The summed E-state index contributed by atoms with van der Waals surface area (Å²) < 4.78 is 0. The van der Waals surface area contributed by atoms with Gasteiger partial charge in [0.2, 0.25) is 0 Å². The Hall–Kier alpha value is -1.61. The van der Waals surface area contributed by atoms with Gasteiger partial charge in [0.05, 0.1) is 0 Å². The van der Waals surface area contributed by atoms with Gasteiger partial charge in [-0.3, -0.25) is 0 Å². The third kappa shape index (κ3) is 3.04. The van der Waals surface area contributed by atoms with Gasteiger partial charge in [0.1, 0.15) is 5.65 Å². The second-order valence-corrected chi connectivity index (χ2v) is 5.25. The first-order valence-electron chi connectivity index (χ1n) is 7.23. The number of allylic oxidation sites excluding steroid dienone is 1. The Bertz CT molecular complexity index is 568. The maximum absolute atomic E-state index is 4.31. The molecule has 0 radical (unpaired) electrons. The highest BCUT2D eigenvalue weighted by atomic mass is 14.9. The number of nitrogens with one attached hydrogen (secondary N) is 2. The largest absolute Gasteiger partial charge is 0.346 e. The van der Waals surface area contributed by atoms with Crippen molar-refractivity contribution in [2.75, 3.05) is 6.54 Å². The van der Waals surface area contributed by atoms with Gasteiger partial charge in [-0.25, -0.2) is 4.98 Å². The molecule has 1 aliphatic rings. The molecule has 3 heteroatoms. The lowest BCUT2D eigenvalue weighted by Gasteiger charge is -2.12. The second-order valence-electron chi connectivity index (χ2n) is 5.25. The molecule has 0 atom stereocenters. The Balaban J connectivity index is 1.51. The van der Waals surface area contributed by atoms with Crippen LogP contribution in [0.1, 0.15) is 37.7 Å². The van der Waals surface area contributed by atoms with Crippen LogP contribution in [0.15, 0.2) is 36.2 Å². The van der Waals surface area contributed by atoms with E-state index in [0.29, 0.717) is 0 Å². The molecule has 1 aliphatic carbocycles. The van der Waals surface area contributed by atoms with Gasteiger partial charge in [-0.2, -0.15) is 0 Å². The summed E-state index contributed by atoms with van der Waals surface area (Å²) >= 11 is 0. The van der Waals surface area contributed by atoms with E-state index in [-0.39, 0.29) is 0 Å². The standard InChI is InChI=1S/C16H21N3/c1-2-5-13(6-3-1)8-10-17-11-14-12-19-16-15(14)7-4-9-18-16/h4-5,7,9,12,17H,1-3,6,8,10-11H2,(H,18,19). The van der Waals surface area contributed by atoms with E-state index in [1.807, 2.05) is 12.3 Å². The van der Waals surface area contributed by atoms with Crippen LogP contribution in [0.5, 0.6) is 0 Å². The summed E-state index contributed by atoms with van der Waals surface area (Å²) in [6.07, 6.45) is 12.8. The van der Waals surface area contributed by atoms with Crippen molar-refractivity contribution < 1.29 is 0 Å². The number of aromatic amines is 1. The van der Waals surface area contributed by atoms with E-state index in [2.05, 4.69) is 33.6 Å². The topological polar surface area (TPSA) is 40.7 Å². The van der Waals surface area contributed by atoms with Crippen molar-refractivity contribution in [1.29, 1.82) is 0 Å². The SMILES string of the molecule is C1=C(CCNCc2c[nH]c3ncccc23)CCCC1. The molecule has 19 heavy (non-hydrogen) atoms. The highest BCUT2D eigenvalue weighted by Gasteiger charge is 2.05. The molecule has 2 aromatic rings. The molecule has 2 aromatic heterocycles. The lowest BCUT2D eigenvalue weighted by Crippen LogP contribution is -2.15. The first-order valence-corrected chi connectivity index (χ1v) is 7.23. The normalized spacial score (nSPS) is 15.7. The van der Waals surface area contributed by atoms with Gasteiger partial charge in [0, 0.05) is 24.3 Å². The van der Waals surface area contributed by atoms with Gasteiger partial charge in [-0.15, -0.1) is 0 Å². The Labute approximate surface area is 114 Å². The molecular weight excluding hydrogens is 234 g/mol. The van der Waals surface area contributed by atoms with Crippen molar-refractivity contribution in [2.45, 2.75) is 38.6 Å². The van der Waals surface area contributed by atoms with Crippen molar-refractivity contribution in [3.05, 3.63) is 41.7 Å². The maximum Gasteiger partial charge on any atom is 0.137 e. The second kappa shape index (κ2) is 6.02. The van der Waals surface area contributed by atoms with Crippen LogP contribution in [0.2, 0.25) is 0 Å². The van der Waals surface area contributed by atoms with Crippen molar-refractivity contribution in [2.24, 2.45) is 0 Å². The molecular formula is C16H21N3. The van der Waals surface area contributed by atoms with Crippen LogP contribution in [-0.4, -0.2) is 16.5 Å². The molecule has 3 rings (SSSR count). The molecule has 0 aliphatic heterocycles. The van der Waals surface area contributed by atoms with Gasteiger partial charge in [0.25, 0.3) is 0 Å². The summed E-state index contributed by atoms with van der Waals surface area (Å²) in [5, 5.41) is 4.77. The number of nitrogens with zero attached hydrogens (tertiary/aromatic N) is 1. The van der Waals surface area contributed by atoms with Gasteiger partial charge >= 0.3 is 0 Å². The molecule has 0 saturated carbocycles. The zero-order valence-corrected chi connectivity index (χ0v) is 11.3. The fraction of sp³-hybridized carbons (Fsp3) is 0.438. The maximum atomic E-state index is 4.31. The molecule has 0 saturated heterocycles. The van der Waals surface area contributed by atoms with Crippen LogP contribution in [0.4, 0.5) is 0 Å². The smallest absolute Gasteiger partial charge is 0.137 e. The molecule has 0 unspecified atom stereocenters. The van der Waals surface area contributed by atoms with Crippen LogP contribution < -0.4 is 5.32 Å². The summed E-state index contributed by atoms with van der Waals surface area (Å²) in [4.78, 5) is 7.53. The zero-order valence-electron chi connectivity index (χ0n) is 11.3. The van der Waals surface area contributed by atoms with E-state index in [9.17, 15) is 0 Å². The van der Waals surface area contributed by atoms with Crippen LogP contribution in [-0.2, 0) is 6.54 Å². The molecule has 0 bridgehead atoms. The molecule has 100 valence electrons. The lowest BCUT2D eigenvalue weighted by atomic mass is 9.97. The number of aromatic nitrogens is 2. The minimum absolute atomic E-state index is 0.916. The van der Waals surface area contributed by atoms with Gasteiger partial charge in [0.15, 0.2) is 0 Å². The average Bonchev–Trinajstić information content (AvgIpc) is 2.88. The summed E-state index contributed by atoms with van der Waals surface area (Å²) in [5.41, 5.74) is 3.93. The Kier molecular flexibility index (Phi) is 3.94. The fourth-order valence-corrected chi connectivity index (χ4v) is 2.76. The number of pyridine rings is 1. The van der Waals surface area contributed by atoms with Crippen LogP contribution in [0.3, 0.4) is 0 Å². The third-order valence-corrected chi connectivity index (χ3v) is 3.86. The predicted molar refractivity (Wildman–Crippen MR) is 79.0 cm³/mol. The molecule has 0 amide bonds. The van der Waals surface area contributed by atoms with E-state index in [1.54, 1.807) is 5.57 Å². The lowest BCUT2D eigenvalue weighted by molar-refractivity contribution is 0.633. The quantitative estimate of drug-likeness (QED) is 0.633. The molecule has 0 aromatic carbocycles. The first kappa shape index (κ1) is 12.4. The summed E-state index contributed by atoms with van der Waals surface area (Å²) in [7, 11) is 0. The molecule has 2 heterocycles. The predicted octanol–water partition coefficient (Wildman–Crippen LogP) is 3.54. The number of fused-ring (bicyclic) bond motifs is 1. The van der Waals surface area contributed by atoms with Gasteiger partial charge in [-0.1, -0.05) is 11.6 Å². The minimum atomic E-state index is 0.916. The minimum Gasteiger partial charge on any atom is -0.346 e. The van der Waals surface area contributed by atoms with Crippen molar-refractivity contribution in [1.82, 2.24) is 15.3 Å². The average molecular weight is 255 g/mol. The number of H-pyrrole nitrogens is 1. The van der Waals surface area contributed by atoms with E-state index in [0.717, 1.165) is 18.7 Å². The van der Waals surface area contributed by atoms with Crippen LogP contribution in [0.25, 0.3) is 11.0 Å². The Morgan fingerprint density at radius 3 is 3.21 bits per heavy atom. The zero-order chi connectivity index (χ0) is 12.9. The summed E-state index contributed by atoms with van der Waals surface area (Å²) in [5.74, 6) is 0. The van der Waals surface area contributed by atoms with Crippen molar-refractivity contribution in [3.63, 3.8) is 0 Å². The Morgan fingerprint density at radius 1 is 1.32 bits per heavy atom. The van der Waals surface area contributed by atoms with E-state index < -0.39 is 0 Å². The summed E-state index contributed by atoms with van der Waals surface area (Å²) in [6.45, 7) is 1.98. The monoisotopic (exact) mass is 255 g/mol. The molecule has 2 N–H and O–H groups in total. The summed E-state index contributed by atoms with van der Waals surface area (Å²) in [6, 6.07) is 4.12. The number of rotatable bonds is 5. The molecule has 0 fully saturated rings. The third-order valence-electron chi connectivity index (χ3n) is 3.86. The number of hydrogen-bond acceptors (Lipinski definition) is 2. The fourth-order valence-electron chi connectivity index (χ4n) is 2.76. The van der Waals surface area contributed by atoms with E-state index in [4.69, 9.17) is 0 Å². The van der Waals surface area contributed by atoms with E-state index >= 15 is 0 Å². The van der Waals surface area contributed by atoms with Gasteiger partial charge in [-0.05, 0) is 56.3 Å². The molecule has 3 nitrogen and oxygen atoms in total. The van der Waals surface area contributed by atoms with Crippen molar-refractivity contribution >= 4 is 11.0 Å². The first-order chi connectivity index (χ1) is 9.43. The van der Waals surface area contributed by atoms with Crippen LogP contribution >= 0.6 is 0 Å². The Morgan fingerprint density at radius 2 is 2.32 bits per heavy atom. The molecule has 0 spiro atoms. The highest BCUT2D eigenvalue weighted by Crippen LogP contribution is 2.19. The van der Waals surface area contributed by atoms with Crippen molar-refractivity contribution in [3.8, 4) is 0 Å². The van der Waals surface area contributed by atoms with Gasteiger partial charge < -0.3 is 10.3 Å². The van der Waals surface area contributed by atoms with E-state index in [1.165, 1.54) is 43.1 Å².